The third-order valence-corrected chi connectivity index (χ3v) is 1.58. The van der Waals surface area contributed by atoms with E-state index in [1.54, 1.807) is 0 Å². The highest BCUT2D eigenvalue weighted by atomic mass is 19.3. The van der Waals surface area contributed by atoms with Gasteiger partial charge in [0.25, 0.3) is 5.92 Å². The van der Waals surface area contributed by atoms with Crippen molar-refractivity contribution in [1.29, 1.82) is 0 Å². The molecule has 0 heterocycles. The van der Waals surface area contributed by atoms with Crippen molar-refractivity contribution in [2.24, 2.45) is 0 Å². The van der Waals surface area contributed by atoms with Gasteiger partial charge in [0.05, 0.1) is 6.61 Å². The van der Waals surface area contributed by atoms with Crippen LogP contribution in [0.1, 0.15) is 32.6 Å². The summed E-state index contributed by atoms with van der Waals surface area (Å²) in [7, 11) is 0. The van der Waals surface area contributed by atoms with Gasteiger partial charge in [-0.2, -0.15) is 0 Å². The van der Waals surface area contributed by atoms with Gasteiger partial charge < -0.3 is 5.11 Å². The van der Waals surface area contributed by atoms with Gasteiger partial charge in [0.1, 0.15) is 0 Å². The van der Waals surface area contributed by atoms with Gasteiger partial charge in [0, 0.05) is 6.42 Å². The zero-order valence-corrected chi connectivity index (χ0v) is 7.39. The highest BCUT2D eigenvalue weighted by molar-refractivity contribution is 4.94. The van der Waals surface area contributed by atoms with E-state index in [0.717, 1.165) is 25.0 Å². The Morgan fingerprint density at radius 2 is 2.00 bits per heavy atom. The smallest absolute Gasteiger partial charge is 0.266 e. The normalized spacial score (nSPS) is 12.7. The highest BCUT2D eigenvalue weighted by Gasteiger charge is 2.23. The molecule has 0 fully saturated rings. The van der Waals surface area contributed by atoms with Crippen LogP contribution in [0.15, 0.2) is 12.2 Å². The molecule has 3 heteroatoms. The molecule has 0 saturated heterocycles. The fraction of sp³-hybridized carbons (Fsp3) is 0.778. The van der Waals surface area contributed by atoms with E-state index < -0.39 is 5.92 Å². The molecule has 0 rings (SSSR count). The second-order valence-corrected chi connectivity index (χ2v) is 2.80. The highest BCUT2D eigenvalue weighted by Crippen LogP contribution is 2.22. The number of unbranched alkanes of at least 4 members (excludes halogenated alkanes) is 2. The van der Waals surface area contributed by atoms with Gasteiger partial charge in [-0.25, -0.2) is 8.78 Å². The maximum Gasteiger partial charge on any atom is 0.266 e. The van der Waals surface area contributed by atoms with E-state index in [4.69, 9.17) is 5.11 Å². The minimum Gasteiger partial charge on any atom is -0.392 e. The molecule has 0 unspecified atom stereocenters. The number of halogens is 2. The van der Waals surface area contributed by atoms with Crippen molar-refractivity contribution in [2.75, 3.05) is 6.61 Å². The summed E-state index contributed by atoms with van der Waals surface area (Å²) in [5.41, 5.74) is 0. The van der Waals surface area contributed by atoms with Crippen LogP contribution in [0.5, 0.6) is 0 Å². The molecule has 0 bridgehead atoms. The number of hydrogen-bond donors (Lipinski definition) is 1. The van der Waals surface area contributed by atoms with Gasteiger partial charge in [-0.05, 0) is 12.5 Å². The zero-order chi connectivity index (χ0) is 9.45. The van der Waals surface area contributed by atoms with E-state index in [1.165, 1.54) is 0 Å². The lowest BCUT2D eigenvalue weighted by Crippen LogP contribution is -2.11. The van der Waals surface area contributed by atoms with Crippen molar-refractivity contribution >= 4 is 0 Å². The van der Waals surface area contributed by atoms with Gasteiger partial charge in [-0.1, -0.05) is 25.8 Å². The van der Waals surface area contributed by atoms with Crippen LogP contribution < -0.4 is 0 Å². The standard InChI is InChI=1S/C9H16F2O/c1-2-3-4-6-9(10,11)7-5-8-12/h5,7,12H,2-4,6,8H2,1H3. The Bertz CT molecular complexity index is 132. The summed E-state index contributed by atoms with van der Waals surface area (Å²) >= 11 is 0. The number of hydrogen-bond acceptors (Lipinski definition) is 1. The average Bonchev–Trinajstić information content (AvgIpc) is 2.01. The Kier molecular flexibility index (Phi) is 5.89. The molecule has 0 aromatic carbocycles. The molecule has 72 valence electrons. The monoisotopic (exact) mass is 178 g/mol. The molecule has 0 radical (unpaired) electrons. The topological polar surface area (TPSA) is 20.2 Å². The molecule has 12 heavy (non-hydrogen) atoms. The zero-order valence-electron chi connectivity index (χ0n) is 7.39. The molecule has 1 N–H and O–H groups in total. The van der Waals surface area contributed by atoms with E-state index in [0.29, 0.717) is 6.42 Å². The SMILES string of the molecule is CCCCCC(F)(F)C=CCO. The van der Waals surface area contributed by atoms with Crippen molar-refractivity contribution < 1.29 is 13.9 Å². The molecule has 0 atom stereocenters. The fourth-order valence-electron chi connectivity index (χ4n) is 0.919. The Morgan fingerprint density at radius 3 is 2.50 bits per heavy atom. The van der Waals surface area contributed by atoms with Crippen LogP contribution >= 0.6 is 0 Å². The van der Waals surface area contributed by atoms with Crippen molar-refractivity contribution in [3.8, 4) is 0 Å². The second kappa shape index (κ2) is 6.12. The lowest BCUT2D eigenvalue weighted by Gasteiger charge is -2.10. The Hall–Kier alpha value is -0.440. The van der Waals surface area contributed by atoms with E-state index in [1.807, 2.05) is 6.92 Å². The first-order chi connectivity index (χ1) is 5.62. The van der Waals surface area contributed by atoms with E-state index in [9.17, 15) is 8.78 Å². The molecule has 0 aromatic rings. The first-order valence-corrected chi connectivity index (χ1v) is 4.29. The quantitative estimate of drug-likeness (QED) is 0.489. The first-order valence-electron chi connectivity index (χ1n) is 4.29. The summed E-state index contributed by atoms with van der Waals surface area (Å²) in [5, 5.41) is 8.28. The first kappa shape index (κ1) is 11.6. The summed E-state index contributed by atoms with van der Waals surface area (Å²) in [4.78, 5) is 0. The number of allylic oxidation sites excluding steroid dienone is 1. The predicted molar refractivity (Wildman–Crippen MR) is 45.3 cm³/mol. The maximum atomic E-state index is 12.7. The van der Waals surface area contributed by atoms with Crippen molar-refractivity contribution in [1.82, 2.24) is 0 Å². The van der Waals surface area contributed by atoms with Gasteiger partial charge in [-0.3, -0.25) is 0 Å². The lowest BCUT2D eigenvalue weighted by molar-refractivity contribution is 0.0422. The van der Waals surface area contributed by atoms with Gasteiger partial charge in [0.15, 0.2) is 0 Å². The van der Waals surface area contributed by atoms with Crippen LogP contribution in [0.4, 0.5) is 8.78 Å². The maximum absolute atomic E-state index is 12.7. The molecule has 0 spiro atoms. The van der Waals surface area contributed by atoms with Crippen molar-refractivity contribution in [3.63, 3.8) is 0 Å². The Labute approximate surface area is 72.1 Å². The minimum atomic E-state index is -2.74. The summed E-state index contributed by atoms with van der Waals surface area (Å²) < 4.78 is 25.5. The molecule has 0 aliphatic rings. The van der Waals surface area contributed by atoms with Gasteiger partial charge in [0.2, 0.25) is 0 Å². The predicted octanol–water partition coefficient (Wildman–Crippen LogP) is 2.75. The number of rotatable bonds is 6. The summed E-state index contributed by atoms with van der Waals surface area (Å²) in [6.07, 6.45) is 4.08. The third kappa shape index (κ3) is 6.28. The lowest BCUT2D eigenvalue weighted by atomic mass is 10.1. The molecule has 0 aliphatic carbocycles. The van der Waals surface area contributed by atoms with Crippen molar-refractivity contribution in [2.45, 2.75) is 38.5 Å². The van der Waals surface area contributed by atoms with Crippen LogP contribution in [-0.4, -0.2) is 17.6 Å². The summed E-state index contributed by atoms with van der Waals surface area (Å²) in [6, 6.07) is 0. The molecule has 0 saturated carbocycles. The third-order valence-electron chi connectivity index (χ3n) is 1.58. The van der Waals surface area contributed by atoms with Crippen LogP contribution in [0.2, 0.25) is 0 Å². The molecule has 1 nitrogen and oxygen atoms in total. The van der Waals surface area contributed by atoms with E-state index in [-0.39, 0.29) is 13.0 Å². The molecule has 0 amide bonds. The molecule has 0 aliphatic heterocycles. The largest absolute Gasteiger partial charge is 0.392 e. The second-order valence-electron chi connectivity index (χ2n) is 2.80. The van der Waals surface area contributed by atoms with Crippen LogP contribution in [0.25, 0.3) is 0 Å². The summed E-state index contributed by atoms with van der Waals surface area (Å²) in [5.74, 6) is -2.74. The summed E-state index contributed by atoms with van der Waals surface area (Å²) in [6.45, 7) is 1.66. The molecular formula is C9H16F2O. The van der Waals surface area contributed by atoms with Crippen molar-refractivity contribution in [3.05, 3.63) is 12.2 Å². The fourth-order valence-corrected chi connectivity index (χ4v) is 0.919. The molecular weight excluding hydrogens is 162 g/mol. The van der Waals surface area contributed by atoms with E-state index >= 15 is 0 Å². The Morgan fingerprint density at radius 1 is 1.33 bits per heavy atom. The Balaban J connectivity index is 3.63. The molecule has 0 aromatic heterocycles. The van der Waals surface area contributed by atoms with Gasteiger partial charge >= 0.3 is 0 Å². The number of alkyl halides is 2. The number of aliphatic hydroxyl groups excluding tert-OH is 1. The van der Waals surface area contributed by atoms with Crippen LogP contribution in [-0.2, 0) is 0 Å². The van der Waals surface area contributed by atoms with Crippen LogP contribution in [0, 0.1) is 0 Å². The van der Waals surface area contributed by atoms with Gasteiger partial charge in [-0.15, -0.1) is 0 Å². The van der Waals surface area contributed by atoms with Crippen LogP contribution in [0.3, 0.4) is 0 Å². The van der Waals surface area contributed by atoms with E-state index in [2.05, 4.69) is 0 Å². The number of aliphatic hydroxyl groups is 1. The average molecular weight is 178 g/mol. The minimum absolute atomic E-state index is 0.114.